The Labute approximate surface area is 91.1 Å². The summed E-state index contributed by atoms with van der Waals surface area (Å²) in [7, 11) is 0. The van der Waals surface area contributed by atoms with Gasteiger partial charge in [0.15, 0.2) is 0 Å². The van der Waals surface area contributed by atoms with Crippen molar-refractivity contribution >= 4 is 5.97 Å². The molecule has 0 atom stereocenters. The van der Waals surface area contributed by atoms with Crippen LogP contribution in [0.2, 0.25) is 0 Å². The van der Waals surface area contributed by atoms with Gasteiger partial charge in [-0.05, 0) is 20.3 Å². The molecule has 0 aliphatic carbocycles. The van der Waals surface area contributed by atoms with E-state index in [1.165, 1.54) is 0 Å². The standard InChI is InChI=1S/C11H20O4/c1-5-7-14-15-9-8-13-10(12)11(3,4)6-2/h5H,1,6-9H2,2-4H3. The highest BCUT2D eigenvalue weighted by Crippen LogP contribution is 2.21. The van der Waals surface area contributed by atoms with Gasteiger partial charge in [-0.3, -0.25) is 4.79 Å². The molecule has 88 valence electrons. The van der Waals surface area contributed by atoms with Gasteiger partial charge in [-0.25, -0.2) is 9.78 Å². The molecule has 0 amide bonds. The lowest BCUT2D eigenvalue weighted by Crippen LogP contribution is -2.27. The largest absolute Gasteiger partial charge is 0.463 e. The summed E-state index contributed by atoms with van der Waals surface area (Å²) >= 11 is 0. The lowest BCUT2D eigenvalue weighted by atomic mass is 9.91. The molecule has 0 aromatic carbocycles. The number of hydrogen-bond donors (Lipinski definition) is 0. The Morgan fingerprint density at radius 2 is 2.00 bits per heavy atom. The van der Waals surface area contributed by atoms with Crippen molar-refractivity contribution in [3.63, 3.8) is 0 Å². The second-order valence-electron chi connectivity index (χ2n) is 3.77. The first kappa shape index (κ1) is 14.1. The average molecular weight is 216 g/mol. The van der Waals surface area contributed by atoms with Crippen LogP contribution in [0, 0.1) is 5.41 Å². The molecule has 0 fully saturated rings. The van der Waals surface area contributed by atoms with Crippen molar-refractivity contribution in [3.05, 3.63) is 12.7 Å². The summed E-state index contributed by atoms with van der Waals surface area (Å²) < 4.78 is 5.01. The molecule has 4 nitrogen and oxygen atoms in total. The first-order chi connectivity index (χ1) is 7.04. The Morgan fingerprint density at radius 1 is 1.33 bits per heavy atom. The van der Waals surface area contributed by atoms with Crippen molar-refractivity contribution < 1.29 is 19.3 Å². The van der Waals surface area contributed by atoms with E-state index in [-0.39, 0.29) is 19.2 Å². The van der Waals surface area contributed by atoms with Gasteiger partial charge in [0.25, 0.3) is 0 Å². The number of esters is 1. The summed E-state index contributed by atoms with van der Waals surface area (Å²) in [6.45, 7) is 9.88. The van der Waals surface area contributed by atoms with E-state index in [1.807, 2.05) is 20.8 Å². The zero-order chi connectivity index (χ0) is 11.7. The van der Waals surface area contributed by atoms with Gasteiger partial charge in [0.2, 0.25) is 0 Å². The fourth-order valence-electron chi connectivity index (χ4n) is 0.663. The van der Waals surface area contributed by atoms with Gasteiger partial charge >= 0.3 is 5.97 Å². The first-order valence-electron chi connectivity index (χ1n) is 5.07. The lowest BCUT2D eigenvalue weighted by molar-refractivity contribution is -0.290. The third-order valence-corrected chi connectivity index (χ3v) is 2.11. The maximum atomic E-state index is 11.4. The molecule has 0 heterocycles. The summed E-state index contributed by atoms with van der Waals surface area (Å²) in [6, 6.07) is 0. The predicted octanol–water partition coefficient (Wildman–Crippen LogP) is 2.10. The summed E-state index contributed by atoms with van der Waals surface area (Å²) in [4.78, 5) is 20.8. The third kappa shape index (κ3) is 6.25. The highest BCUT2D eigenvalue weighted by molar-refractivity contribution is 5.75. The number of ether oxygens (including phenoxy) is 1. The second-order valence-corrected chi connectivity index (χ2v) is 3.77. The number of hydrogen-bond acceptors (Lipinski definition) is 4. The van der Waals surface area contributed by atoms with Gasteiger partial charge in [0, 0.05) is 0 Å². The van der Waals surface area contributed by atoms with Gasteiger partial charge < -0.3 is 4.74 Å². The first-order valence-corrected chi connectivity index (χ1v) is 5.07. The van der Waals surface area contributed by atoms with Gasteiger partial charge in [-0.15, -0.1) is 6.58 Å². The van der Waals surface area contributed by atoms with Crippen LogP contribution in [0.15, 0.2) is 12.7 Å². The molecular formula is C11H20O4. The molecule has 15 heavy (non-hydrogen) atoms. The SMILES string of the molecule is C=CCOOCCOC(=O)C(C)(C)CC. The van der Waals surface area contributed by atoms with Crippen LogP contribution in [0.5, 0.6) is 0 Å². The van der Waals surface area contributed by atoms with Crippen molar-refractivity contribution in [1.29, 1.82) is 0 Å². The van der Waals surface area contributed by atoms with E-state index in [9.17, 15) is 4.79 Å². The summed E-state index contributed by atoms with van der Waals surface area (Å²) in [5.74, 6) is -0.211. The lowest BCUT2D eigenvalue weighted by Gasteiger charge is -2.19. The van der Waals surface area contributed by atoms with E-state index < -0.39 is 5.41 Å². The van der Waals surface area contributed by atoms with Gasteiger partial charge in [0.05, 0.1) is 5.41 Å². The normalized spacial score (nSPS) is 11.1. The third-order valence-electron chi connectivity index (χ3n) is 2.11. The van der Waals surface area contributed by atoms with Crippen molar-refractivity contribution in [3.8, 4) is 0 Å². The van der Waals surface area contributed by atoms with Crippen molar-refractivity contribution in [2.24, 2.45) is 5.41 Å². The number of carbonyl (C=O) groups is 1. The summed E-state index contributed by atoms with van der Waals surface area (Å²) in [5, 5.41) is 0. The summed E-state index contributed by atoms with van der Waals surface area (Å²) in [6.07, 6.45) is 2.33. The molecule has 0 N–H and O–H groups in total. The van der Waals surface area contributed by atoms with Crippen LogP contribution < -0.4 is 0 Å². The smallest absolute Gasteiger partial charge is 0.311 e. The van der Waals surface area contributed by atoms with E-state index in [0.29, 0.717) is 6.61 Å². The molecule has 0 aromatic rings. The maximum absolute atomic E-state index is 11.4. The molecule has 0 radical (unpaired) electrons. The Hall–Kier alpha value is -0.870. The van der Waals surface area contributed by atoms with Crippen molar-refractivity contribution in [2.75, 3.05) is 19.8 Å². The van der Waals surface area contributed by atoms with Crippen LogP contribution in [-0.4, -0.2) is 25.8 Å². The van der Waals surface area contributed by atoms with E-state index in [0.717, 1.165) is 6.42 Å². The van der Waals surface area contributed by atoms with E-state index in [1.54, 1.807) is 6.08 Å². The molecule has 4 heteroatoms. The van der Waals surface area contributed by atoms with Gasteiger partial charge in [-0.1, -0.05) is 13.0 Å². The molecular weight excluding hydrogens is 196 g/mol. The van der Waals surface area contributed by atoms with Crippen LogP contribution in [0.3, 0.4) is 0 Å². The molecule has 0 saturated carbocycles. The molecule has 0 aromatic heterocycles. The number of rotatable bonds is 8. The highest BCUT2D eigenvalue weighted by atomic mass is 17.2. The van der Waals surface area contributed by atoms with Crippen molar-refractivity contribution in [1.82, 2.24) is 0 Å². The second kappa shape index (κ2) is 7.43. The monoisotopic (exact) mass is 216 g/mol. The fourth-order valence-corrected chi connectivity index (χ4v) is 0.663. The molecule has 0 aliphatic heterocycles. The van der Waals surface area contributed by atoms with Crippen molar-refractivity contribution in [2.45, 2.75) is 27.2 Å². The highest BCUT2D eigenvalue weighted by Gasteiger charge is 2.26. The van der Waals surface area contributed by atoms with Gasteiger partial charge in [-0.2, -0.15) is 0 Å². The van der Waals surface area contributed by atoms with Crippen LogP contribution >= 0.6 is 0 Å². The van der Waals surface area contributed by atoms with Crippen LogP contribution in [0.4, 0.5) is 0 Å². The Bertz CT molecular complexity index is 199. The van der Waals surface area contributed by atoms with E-state index in [4.69, 9.17) is 9.62 Å². The average Bonchev–Trinajstić information content (AvgIpc) is 2.22. The molecule has 0 unspecified atom stereocenters. The Morgan fingerprint density at radius 3 is 2.53 bits per heavy atom. The topological polar surface area (TPSA) is 44.8 Å². The minimum Gasteiger partial charge on any atom is -0.463 e. The van der Waals surface area contributed by atoms with Crippen LogP contribution in [-0.2, 0) is 19.3 Å². The fraction of sp³-hybridized carbons (Fsp3) is 0.727. The minimum absolute atomic E-state index is 0.208. The molecule has 0 spiro atoms. The van der Waals surface area contributed by atoms with Gasteiger partial charge in [0.1, 0.15) is 19.8 Å². The molecule has 0 aliphatic rings. The van der Waals surface area contributed by atoms with Crippen LogP contribution in [0.25, 0.3) is 0 Å². The summed E-state index contributed by atoms with van der Waals surface area (Å²) in [5.41, 5.74) is -0.429. The molecule has 0 rings (SSSR count). The van der Waals surface area contributed by atoms with Crippen LogP contribution in [0.1, 0.15) is 27.2 Å². The van der Waals surface area contributed by atoms with E-state index in [2.05, 4.69) is 11.5 Å². The molecule has 0 bridgehead atoms. The Balaban J connectivity index is 3.51. The maximum Gasteiger partial charge on any atom is 0.311 e. The number of carbonyl (C=O) groups excluding carboxylic acids is 1. The predicted molar refractivity (Wildman–Crippen MR) is 57.1 cm³/mol. The Kier molecular flexibility index (Phi) is 6.99. The molecule has 0 saturated heterocycles. The zero-order valence-corrected chi connectivity index (χ0v) is 9.75. The van der Waals surface area contributed by atoms with E-state index >= 15 is 0 Å². The zero-order valence-electron chi connectivity index (χ0n) is 9.75. The quantitative estimate of drug-likeness (QED) is 0.205. The minimum atomic E-state index is -0.429.